The second-order valence-electron chi connectivity index (χ2n) is 6.39. The van der Waals surface area contributed by atoms with Crippen molar-refractivity contribution in [3.05, 3.63) is 71.9 Å². The molecule has 2 aromatic heterocycles. The molecule has 0 unspecified atom stereocenters. The van der Waals surface area contributed by atoms with Crippen molar-refractivity contribution >= 4 is 5.91 Å². The highest BCUT2D eigenvalue weighted by Crippen LogP contribution is 2.44. The lowest BCUT2D eigenvalue weighted by Crippen LogP contribution is -2.28. The Labute approximate surface area is 150 Å². The Balaban J connectivity index is 1.47. The maximum Gasteiger partial charge on any atom is 0.254 e. The van der Waals surface area contributed by atoms with Crippen molar-refractivity contribution < 1.29 is 9.18 Å². The average molecular weight is 350 g/mol. The quantitative estimate of drug-likeness (QED) is 0.741. The largest absolute Gasteiger partial charge is 0.350 e. The number of benzene rings is 1. The fourth-order valence-electron chi connectivity index (χ4n) is 3.10. The smallest absolute Gasteiger partial charge is 0.254 e. The van der Waals surface area contributed by atoms with Crippen molar-refractivity contribution in [2.24, 2.45) is 0 Å². The Hall–Kier alpha value is -3.02. The van der Waals surface area contributed by atoms with Crippen molar-refractivity contribution in [1.29, 1.82) is 0 Å². The summed E-state index contributed by atoms with van der Waals surface area (Å²) in [4.78, 5) is 16.5. The van der Waals surface area contributed by atoms with Gasteiger partial charge in [-0.15, -0.1) is 0 Å². The molecule has 0 aliphatic heterocycles. The van der Waals surface area contributed by atoms with E-state index in [0.717, 1.165) is 24.1 Å². The summed E-state index contributed by atoms with van der Waals surface area (Å²) in [5.74, 6) is -0.426. The number of rotatable bonds is 6. The molecule has 132 valence electrons. The first-order chi connectivity index (χ1) is 12.7. The first kappa shape index (κ1) is 16.4. The Morgan fingerprint density at radius 3 is 2.73 bits per heavy atom. The van der Waals surface area contributed by atoms with E-state index in [9.17, 15) is 9.18 Å². The van der Waals surface area contributed by atoms with Crippen LogP contribution in [0.25, 0.3) is 11.3 Å². The molecule has 0 saturated heterocycles. The summed E-state index contributed by atoms with van der Waals surface area (Å²) in [6.45, 7) is 0.926. The van der Waals surface area contributed by atoms with E-state index in [1.54, 1.807) is 18.3 Å². The van der Waals surface area contributed by atoms with Crippen molar-refractivity contribution in [3.63, 3.8) is 0 Å². The number of carbonyl (C=O) groups excluding carboxylic acids is 1. The van der Waals surface area contributed by atoms with Gasteiger partial charge in [-0.25, -0.2) is 4.39 Å². The number of halogens is 1. The minimum atomic E-state index is -0.514. The van der Waals surface area contributed by atoms with Gasteiger partial charge >= 0.3 is 0 Å². The highest BCUT2D eigenvalue weighted by Gasteiger charge is 2.30. The van der Waals surface area contributed by atoms with Gasteiger partial charge in [0.1, 0.15) is 5.82 Å². The first-order valence-corrected chi connectivity index (χ1v) is 8.74. The maximum atomic E-state index is 13.7. The van der Waals surface area contributed by atoms with E-state index in [1.165, 1.54) is 17.8 Å². The molecule has 4 rings (SSSR count). The van der Waals surface area contributed by atoms with Gasteiger partial charge in [-0.2, -0.15) is 5.10 Å². The van der Waals surface area contributed by atoms with Gasteiger partial charge in [-0.1, -0.05) is 18.2 Å². The molecule has 0 spiro atoms. The zero-order chi connectivity index (χ0) is 17.9. The van der Waals surface area contributed by atoms with Crippen LogP contribution >= 0.6 is 0 Å². The first-order valence-electron chi connectivity index (χ1n) is 8.74. The Morgan fingerprint density at radius 1 is 1.19 bits per heavy atom. The number of hydrogen-bond acceptors (Lipinski definition) is 3. The zero-order valence-corrected chi connectivity index (χ0v) is 14.2. The summed E-state index contributed by atoms with van der Waals surface area (Å²) >= 11 is 0. The topological polar surface area (TPSA) is 59.8 Å². The molecule has 1 aliphatic rings. The fraction of sp³-hybridized carbons (Fsp3) is 0.250. The van der Waals surface area contributed by atoms with Gasteiger partial charge < -0.3 is 5.32 Å². The molecule has 2 heterocycles. The standard InChI is InChI=1S/C20H19FN4O/c21-17-6-2-1-5-15(17)20(26)23-11-12-25-19(14-8-9-14)16(13-24-25)18-7-3-4-10-22-18/h1-7,10,13-14H,8-9,11-12H2,(H,23,26). The van der Waals surface area contributed by atoms with E-state index in [4.69, 9.17) is 0 Å². The number of aromatic nitrogens is 3. The van der Waals surface area contributed by atoms with Crippen molar-refractivity contribution in [3.8, 4) is 11.3 Å². The monoisotopic (exact) mass is 350 g/mol. The summed E-state index contributed by atoms with van der Waals surface area (Å²) in [6, 6.07) is 11.8. The van der Waals surface area contributed by atoms with E-state index in [1.807, 2.05) is 29.1 Å². The molecule has 6 heteroatoms. The van der Waals surface area contributed by atoms with E-state index < -0.39 is 11.7 Å². The van der Waals surface area contributed by atoms with Gasteiger partial charge in [0.25, 0.3) is 5.91 Å². The lowest BCUT2D eigenvalue weighted by Gasteiger charge is -2.10. The van der Waals surface area contributed by atoms with Gasteiger partial charge in [0.15, 0.2) is 0 Å². The molecule has 3 aromatic rings. The normalized spacial score (nSPS) is 13.6. The third kappa shape index (κ3) is 3.35. The van der Waals surface area contributed by atoms with E-state index >= 15 is 0 Å². The fourth-order valence-corrected chi connectivity index (χ4v) is 3.10. The Morgan fingerprint density at radius 2 is 2.00 bits per heavy atom. The molecule has 1 aromatic carbocycles. The molecule has 26 heavy (non-hydrogen) atoms. The molecule has 1 fully saturated rings. The second-order valence-corrected chi connectivity index (χ2v) is 6.39. The number of nitrogens with zero attached hydrogens (tertiary/aromatic N) is 3. The lowest BCUT2D eigenvalue weighted by atomic mass is 10.1. The van der Waals surface area contributed by atoms with Crippen LogP contribution in [0.15, 0.2) is 54.9 Å². The minimum Gasteiger partial charge on any atom is -0.350 e. The number of hydrogen-bond donors (Lipinski definition) is 1. The molecule has 1 amide bonds. The third-order valence-electron chi connectivity index (χ3n) is 4.51. The third-order valence-corrected chi connectivity index (χ3v) is 4.51. The summed E-state index contributed by atoms with van der Waals surface area (Å²) in [5, 5.41) is 7.26. The van der Waals surface area contributed by atoms with Crippen LogP contribution in [0.1, 0.15) is 34.8 Å². The van der Waals surface area contributed by atoms with Crippen LogP contribution in [0.4, 0.5) is 4.39 Å². The number of amides is 1. The molecule has 1 saturated carbocycles. The lowest BCUT2D eigenvalue weighted by molar-refractivity contribution is 0.0948. The molecular formula is C20H19FN4O. The second kappa shape index (κ2) is 7.07. The van der Waals surface area contributed by atoms with Gasteiger partial charge in [0.05, 0.1) is 29.7 Å². The van der Waals surface area contributed by atoms with Crippen LogP contribution in [0, 0.1) is 5.82 Å². The van der Waals surface area contributed by atoms with E-state index in [0.29, 0.717) is 19.0 Å². The number of pyridine rings is 1. The van der Waals surface area contributed by atoms with Crippen LogP contribution in [-0.4, -0.2) is 27.2 Å². The Kier molecular flexibility index (Phi) is 4.48. The SMILES string of the molecule is O=C(NCCn1ncc(-c2ccccn2)c1C1CC1)c1ccccc1F. The van der Waals surface area contributed by atoms with Crippen LogP contribution < -0.4 is 5.32 Å². The molecule has 0 bridgehead atoms. The van der Waals surface area contributed by atoms with Gasteiger partial charge in [0.2, 0.25) is 0 Å². The van der Waals surface area contributed by atoms with Crippen molar-refractivity contribution in [2.45, 2.75) is 25.3 Å². The molecule has 1 aliphatic carbocycles. The molecular weight excluding hydrogens is 331 g/mol. The predicted octanol–water partition coefficient (Wildman–Crippen LogP) is 3.39. The Bertz CT molecular complexity index is 919. The zero-order valence-electron chi connectivity index (χ0n) is 14.2. The molecule has 1 N–H and O–H groups in total. The van der Waals surface area contributed by atoms with E-state index in [-0.39, 0.29) is 5.56 Å². The van der Waals surface area contributed by atoms with Crippen molar-refractivity contribution in [2.75, 3.05) is 6.54 Å². The summed E-state index contributed by atoms with van der Waals surface area (Å²) in [6.07, 6.45) is 5.91. The van der Waals surface area contributed by atoms with Gasteiger partial charge in [0, 0.05) is 24.2 Å². The summed E-state index contributed by atoms with van der Waals surface area (Å²) in [5.41, 5.74) is 3.19. The molecule has 0 radical (unpaired) electrons. The highest BCUT2D eigenvalue weighted by molar-refractivity contribution is 5.94. The van der Waals surface area contributed by atoms with Gasteiger partial charge in [-0.05, 0) is 37.1 Å². The average Bonchev–Trinajstić information content (AvgIpc) is 3.42. The minimum absolute atomic E-state index is 0.0598. The summed E-state index contributed by atoms with van der Waals surface area (Å²) < 4.78 is 15.6. The van der Waals surface area contributed by atoms with Crippen LogP contribution in [0.2, 0.25) is 0 Å². The number of carbonyl (C=O) groups is 1. The molecule has 5 nitrogen and oxygen atoms in total. The van der Waals surface area contributed by atoms with Crippen LogP contribution in [0.3, 0.4) is 0 Å². The van der Waals surface area contributed by atoms with Crippen LogP contribution in [-0.2, 0) is 6.54 Å². The number of nitrogens with one attached hydrogen (secondary N) is 1. The maximum absolute atomic E-state index is 13.7. The highest BCUT2D eigenvalue weighted by atomic mass is 19.1. The van der Waals surface area contributed by atoms with E-state index in [2.05, 4.69) is 15.4 Å². The van der Waals surface area contributed by atoms with Crippen molar-refractivity contribution in [1.82, 2.24) is 20.1 Å². The van der Waals surface area contributed by atoms with Gasteiger partial charge in [-0.3, -0.25) is 14.5 Å². The predicted molar refractivity (Wildman–Crippen MR) is 96.2 cm³/mol. The molecule has 0 atom stereocenters. The van der Waals surface area contributed by atoms with Crippen LogP contribution in [0.5, 0.6) is 0 Å². The summed E-state index contributed by atoms with van der Waals surface area (Å²) in [7, 11) is 0.